The number of esters is 2. The van der Waals surface area contributed by atoms with E-state index in [4.69, 9.17) is 9.47 Å². The third kappa shape index (κ3) is 2.95. The number of ether oxygens (including phenoxy) is 2. The molecule has 2 rings (SSSR count). The Kier molecular flexibility index (Phi) is 3.60. The van der Waals surface area contributed by atoms with E-state index in [-0.39, 0.29) is 11.9 Å². The maximum absolute atomic E-state index is 12.0. The molecule has 0 radical (unpaired) electrons. The highest BCUT2D eigenvalue weighted by molar-refractivity contribution is 5.79. The molecular formula is C15H18O4. The van der Waals surface area contributed by atoms with Crippen LogP contribution in [0.25, 0.3) is 0 Å². The first kappa shape index (κ1) is 13.6. The Hall–Kier alpha value is -1.84. The van der Waals surface area contributed by atoms with Gasteiger partial charge in [-0.25, -0.2) is 0 Å². The summed E-state index contributed by atoms with van der Waals surface area (Å²) in [4.78, 5) is 23.1. The van der Waals surface area contributed by atoms with E-state index in [1.807, 2.05) is 20.8 Å². The zero-order chi connectivity index (χ0) is 14.0. The number of benzene rings is 1. The van der Waals surface area contributed by atoms with Crippen molar-refractivity contribution in [2.24, 2.45) is 5.41 Å². The Morgan fingerprint density at radius 2 is 2.11 bits per heavy atom. The molecule has 19 heavy (non-hydrogen) atoms. The van der Waals surface area contributed by atoms with Crippen molar-refractivity contribution in [2.75, 3.05) is 0 Å². The molecule has 1 aliphatic heterocycles. The van der Waals surface area contributed by atoms with Gasteiger partial charge in [0, 0.05) is 0 Å². The van der Waals surface area contributed by atoms with Crippen molar-refractivity contribution in [2.45, 2.75) is 40.0 Å². The molecule has 1 aromatic rings. The number of hydrogen-bond donors (Lipinski definition) is 0. The first-order valence-electron chi connectivity index (χ1n) is 6.48. The fraction of sp³-hybridized carbons (Fsp3) is 0.467. The number of hydrogen-bond acceptors (Lipinski definition) is 4. The average molecular weight is 262 g/mol. The molecule has 0 atom stereocenters. The van der Waals surface area contributed by atoms with Gasteiger partial charge in [0.1, 0.15) is 11.5 Å². The minimum Gasteiger partial charge on any atom is -0.426 e. The lowest BCUT2D eigenvalue weighted by Crippen LogP contribution is -2.28. The Labute approximate surface area is 112 Å². The van der Waals surface area contributed by atoms with Gasteiger partial charge in [-0.15, -0.1) is 0 Å². The first-order chi connectivity index (χ1) is 8.92. The number of fused-ring (bicyclic) bond motifs is 1. The standard InChI is InChI=1S/C15H18O4/c1-4-15(2,3)14(17)18-11-6-7-12-10(9-11)5-8-13(16)19-12/h6-7,9H,4-5,8H2,1-3H3. The summed E-state index contributed by atoms with van der Waals surface area (Å²) in [5, 5.41) is 0. The van der Waals surface area contributed by atoms with Crippen molar-refractivity contribution in [3.63, 3.8) is 0 Å². The van der Waals surface area contributed by atoms with Gasteiger partial charge in [-0.1, -0.05) is 6.92 Å². The molecule has 0 saturated heterocycles. The second kappa shape index (κ2) is 5.03. The number of rotatable bonds is 3. The van der Waals surface area contributed by atoms with Gasteiger partial charge in [0.2, 0.25) is 0 Å². The van der Waals surface area contributed by atoms with E-state index in [1.165, 1.54) is 0 Å². The van der Waals surface area contributed by atoms with E-state index in [0.717, 1.165) is 5.56 Å². The molecule has 0 spiro atoms. The molecule has 1 heterocycles. The first-order valence-corrected chi connectivity index (χ1v) is 6.48. The molecule has 0 fully saturated rings. The fourth-order valence-corrected chi connectivity index (χ4v) is 1.71. The predicted molar refractivity (Wildman–Crippen MR) is 70.1 cm³/mol. The smallest absolute Gasteiger partial charge is 0.316 e. The van der Waals surface area contributed by atoms with Crippen molar-refractivity contribution in [3.05, 3.63) is 23.8 Å². The van der Waals surface area contributed by atoms with Crippen molar-refractivity contribution in [3.8, 4) is 11.5 Å². The maximum atomic E-state index is 12.0. The minimum atomic E-state index is -0.498. The molecule has 0 aromatic heterocycles. The monoisotopic (exact) mass is 262 g/mol. The van der Waals surface area contributed by atoms with Crippen molar-refractivity contribution >= 4 is 11.9 Å². The lowest BCUT2D eigenvalue weighted by atomic mass is 9.91. The van der Waals surface area contributed by atoms with Gasteiger partial charge < -0.3 is 9.47 Å². The van der Waals surface area contributed by atoms with E-state index >= 15 is 0 Å². The lowest BCUT2D eigenvalue weighted by molar-refractivity contribution is -0.144. The molecule has 0 bridgehead atoms. The molecule has 0 aliphatic carbocycles. The highest BCUT2D eigenvalue weighted by Crippen LogP contribution is 2.30. The second-order valence-corrected chi connectivity index (χ2v) is 5.37. The molecule has 1 aliphatic rings. The third-order valence-corrected chi connectivity index (χ3v) is 3.50. The number of aryl methyl sites for hydroxylation is 1. The van der Waals surface area contributed by atoms with Crippen LogP contribution in [0.15, 0.2) is 18.2 Å². The van der Waals surface area contributed by atoms with E-state index in [2.05, 4.69) is 0 Å². The predicted octanol–water partition coefficient (Wildman–Crippen LogP) is 2.88. The highest BCUT2D eigenvalue weighted by atomic mass is 16.5. The molecule has 0 saturated carbocycles. The van der Waals surface area contributed by atoms with Crippen LogP contribution in [0.5, 0.6) is 11.5 Å². The summed E-state index contributed by atoms with van der Waals surface area (Å²) in [6.45, 7) is 5.67. The van der Waals surface area contributed by atoms with Crippen LogP contribution in [-0.4, -0.2) is 11.9 Å². The quantitative estimate of drug-likeness (QED) is 0.621. The summed E-state index contributed by atoms with van der Waals surface area (Å²) in [6, 6.07) is 5.10. The van der Waals surface area contributed by atoms with Crippen LogP contribution in [0, 0.1) is 5.41 Å². The molecule has 0 N–H and O–H groups in total. The van der Waals surface area contributed by atoms with Gasteiger partial charge in [0.15, 0.2) is 0 Å². The Morgan fingerprint density at radius 3 is 2.79 bits per heavy atom. The van der Waals surface area contributed by atoms with E-state index in [0.29, 0.717) is 30.8 Å². The molecule has 4 nitrogen and oxygen atoms in total. The van der Waals surface area contributed by atoms with Gasteiger partial charge in [-0.3, -0.25) is 9.59 Å². The van der Waals surface area contributed by atoms with Gasteiger partial charge in [-0.05, 0) is 50.5 Å². The Balaban J connectivity index is 2.15. The summed E-state index contributed by atoms with van der Waals surface area (Å²) < 4.78 is 10.5. The number of carbonyl (C=O) groups excluding carboxylic acids is 2. The summed E-state index contributed by atoms with van der Waals surface area (Å²) in [5.41, 5.74) is 0.404. The van der Waals surface area contributed by atoms with E-state index in [1.54, 1.807) is 18.2 Å². The zero-order valence-corrected chi connectivity index (χ0v) is 11.5. The van der Waals surface area contributed by atoms with E-state index < -0.39 is 5.41 Å². The summed E-state index contributed by atoms with van der Waals surface area (Å²) >= 11 is 0. The fourth-order valence-electron chi connectivity index (χ4n) is 1.71. The van der Waals surface area contributed by atoms with E-state index in [9.17, 15) is 9.59 Å². The van der Waals surface area contributed by atoms with Crippen molar-refractivity contribution in [1.82, 2.24) is 0 Å². The SMILES string of the molecule is CCC(C)(C)C(=O)Oc1ccc2c(c1)CCC(=O)O2. The zero-order valence-electron chi connectivity index (χ0n) is 11.5. The molecule has 102 valence electrons. The van der Waals surface area contributed by atoms with Crippen LogP contribution in [0.1, 0.15) is 39.2 Å². The Morgan fingerprint density at radius 1 is 1.37 bits per heavy atom. The van der Waals surface area contributed by atoms with Crippen LogP contribution in [0.3, 0.4) is 0 Å². The summed E-state index contributed by atoms with van der Waals surface area (Å²) in [7, 11) is 0. The van der Waals surface area contributed by atoms with Crippen LogP contribution in [0.4, 0.5) is 0 Å². The lowest BCUT2D eigenvalue weighted by Gasteiger charge is -2.21. The second-order valence-electron chi connectivity index (χ2n) is 5.37. The normalized spacial score (nSPS) is 14.6. The topological polar surface area (TPSA) is 52.6 Å². The summed E-state index contributed by atoms with van der Waals surface area (Å²) in [5.74, 6) is 0.598. The maximum Gasteiger partial charge on any atom is 0.316 e. The Bertz CT molecular complexity index is 517. The highest BCUT2D eigenvalue weighted by Gasteiger charge is 2.28. The largest absolute Gasteiger partial charge is 0.426 e. The van der Waals surface area contributed by atoms with Crippen LogP contribution < -0.4 is 9.47 Å². The average Bonchev–Trinajstić information content (AvgIpc) is 2.38. The van der Waals surface area contributed by atoms with Crippen LogP contribution >= 0.6 is 0 Å². The van der Waals surface area contributed by atoms with Crippen LogP contribution in [0.2, 0.25) is 0 Å². The minimum absolute atomic E-state index is 0.218. The van der Waals surface area contributed by atoms with Gasteiger partial charge >= 0.3 is 11.9 Å². The summed E-state index contributed by atoms with van der Waals surface area (Å²) in [6.07, 6.45) is 1.70. The molecule has 1 aromatic carbocycles. The molecule has 4 heteroatoms. The van der Waals surface area contributed by atoms with Gasteiger partial charge in [0.25, 0.3) is 0 Å². The number of carbonyl (C=O) groups is 2. The molecule has 0 unspecified atom stereocenters. The van der Waals surface area contributed by atoms with Gasteiger partial charge in [0.05, 0.1) is 11.8 Å². The van der Waals surface area contributed by atoms with Crippen molar-refractivity contribution < 1.29 is 19.1 Å². The van der Waals surface area contributed by atoms with Crippen LogP contribution in [-0.2, 0) is 16.0 Å². The van der Waals surface area contributed by atoms with Gasteiger partial charge in [-0.2, -0.15) is 0 Å². The molecule has 0 amide bonds. The van der Waals surface area contributed by atoms with Crippen molar-refractivity contribution in [1.29, 1.82) is 0 Å². The molecular weight excluding hydrogens is 244 g/mol. The third-order valence-electron chi connectivity index (χ3n) is 3.50.